The zero-order valence-electron chi connectivity index (χ0n) is 13.3. The number of nitrogens with one attached hydrogen (secondary N) is 1. The maximum atomic E-state index is 12.6. The van der Waals surface area contributed by atoms with Crippen molar-refractivity contribution in [3.63, 3.8) is 0 Å². The predicted octanol–water partition coefficient (Wildman–Crippen LogP) is 3.01. The summed E-state index contributed by atoms with van der Waals surface area (Å²) in [5.74, 6) is 0.0969. The SMILES string of the molecule is O=C1NC2(CCc3ccccc31)CCN(Cc1ccccc1)C2. The Morgan fingerprint density at radius 1 is 1.00 bits per heavy atom. The summed E-state index contributed by atoms with van der Waals surface area (Å²) in [5, 5.41) is 3.35. The third-order valence-electron chi connectivity index (χ3n) is 5.20. The fraction of sp³-hybridized carbons (Fsp3) is 0.350. The summed E-state index contributed by atoms with van der Waals surface area (Å²) in [5.41, 5.74) is 3.31. The minimum atomic E-state index is -0.0646. The highest BCUT2D eigenvalue weighted by Gasteiger charge is 2.40. The van der Waals surface area contributed by atoms with Gasteiger partial charge in [0.2, 0.25) is 0 Å². The Labute approximate surface area is 137 Å². The molecular formula is C20H22N2O. The van der Waals surface area contributed by atoms with Crippen molar-refractivity contribution in [2.45, 2.75) is 31.3 Å². The summed E-state index contributed by atoms with van der Waals surface area (Å²) < 4.78 is 0. The van der Waals surface area contributed by atoms with Crippen molar-refractivity contribution in [3.05, 3.63) is 71.3 Å². The second-order valence-corrected chi connectivity index (χ2v) is 6.84. The lowest BCUT2D eigenvalue weighted by Crippen LogP contribution is -2.49. The van der Waals surface area contributed by atoms with Crippen LogP contribution in [0.4, 0.5) is 0 Å². The van der Waals surface area contributed by atoms with E-state index in [0.717, 1.165) is 44.5 Å². The summed E-state index contributed by atoms with van der Waals surface area (Å²) >= 11 is 0. The Bertz CT molecular complexity index is 713. The molecule has 0 bridgehead atoms. The van der Waals surface area contributed by atoms with Crippen LogP contribution in [0.2, 0.25) is 0 Å². The number of rotatable bonds is 2. The van der Waals surface area contributed by atoms with Gasteiger partial charge in [-0.15, -0.1) is 0 Å². The lowest BCUT2D eigenvalue weighted by atomic mass is 9.91. The zero-order chi connectivity index (χ0) is 15.7. The number of carbonyl (C=O) groups is 1. The van der Waals surface area contributed by atoms with Gasteiger partial charge < -0.3 is 5.32 Å². The van der Waals surface area contributed by atoms with Crippen molar-refractivity contribution < 1.29 is 4.79 Å². The van der Waals surface area contributed by atoms with Gasteiger partial charge in [-0.2, -0.15) is 0 Å². The molecule has 2 aliphatic heterocycles. The maximum absolute atomic E-state index is 12.6. The van der Waals surface area contributed by atoms with E-state index in [1.54, 1.807) is 0 Å². The van der Waals surface area contributed by atoms with Crippen LogP contribution in [-0.2, 0) is 13.0 Å². The van der Waals surface area contributed by atoms with Crippen LogP contribution in [-0.4, -0.2) is 29.4 Å². The first-order valence-electron chi connectivity index (χ1n) is 8.41. The van der Waals surface area contributed by atoms with Crippen molar-refractivity contribution >= 4 is 5.91 Å². The van der Waals surface area contributed by atoms with Gasteiger partial charge in [0, 0.05) is 25.2 Å². The number of benzene rings is 2. The number of hydrogen-bond acceptors (Lipinski definition) is 2. The van der Waals surface area contributed by atoms with Crippen molar-refractivity contribution in [1.82, 2.24) is 10.2 Å². The standard InChI is InChI=1S/C20H22N2O/c23-19-18-9-5-4-8-17(18)10-11-20(21-19)12-13-22(15-20)14-16-6-2-1-3-7-16/h1-9H,10-15H2,(H,21,23). The minimum Gasteiger partial charge on any atom is -0.345 e. The molecule has 1 N–H and O–H groups in total. The van der Waals surface area contributed by atoms with Gasteiger partial charge in [-0.05, 0) is 36.5 Å². The topological polar surface area (TPSA) is 32.3 Å². The zero-order valence-corrected chi connectivity index (χ0v) is 13.3. The first-order valence-corrected chi connectivity index (χ1v) is 8.41. The van der Waals surface area contributed by atoms with E-state index < -0.39 is 0 Å². The van der Waals surface area contributed by atoms with E-state index in [1.165, 1.54) is 11.1 Å². The molecule has 1 spiro atoms. The maximum Gasteiger partial charge on any atom is 0.252 e. The highest BCUT2D eigenvalue weighted by atomic mass is 16.1. The molecule has 0 radical (unpaired) electrons. The molecule has 2 heterocycles. The summed E-state index contributed by atoms with van der Waals surface area (Å²) in [6, 6.07) is 18.6. The Morgan fingerprint density at radius 2 is 1.78 bits per heavy atom. The molecular weight excluding hydrogens is 284 g/mol. The molecule has 2 aliphatic rings. The summed E-state index contributed by atoms with van der Waals surface area (Å²) in [4.78, 5) is 15.1. The van der Waals surface area contributed by atoms with Crippen LogP contribution in [0.3, 0.4) is 0 Å². The fourth-order valence-corrected chi connectivity index (χ4v) is 3.95. The van der Waals surface area contributed by atoms with E-state index in [0.29, 0.717) is 0 Å². The number of likely N-dealkylation sites (tertiary alicyclic amines) is 1. The molecule has 3 heteroatoms. The van der Waals surface area contributed by atoms with Gasteiger partial charge in [0.05, 0.1) is 5.54 Å². The molecule has 23 heavy (non-hydrogen) atoms. The Morgan fingerprint density at radius 3 is 2.65 bits per heavy atom. The highest BCUT2D eigenvalue weighted by Crippen LogP contribution is 2.31. The number of aryl methyl sites for hydroxylation is 1. The lowest BCUT2D eigenvalue weighted by molar-refractivity contribution is 0.0902. The first kappa shape index (κ1) is 14.5. The molecule has 2 aromatic rings. The minimum absolute atomic E-state index is 0.0646. The van der Waals surface area contributed by atoms with Crippen LogP contribution in [0.15, 0.2) is 54.6 Å². The third-order valence-corrected chi connectivity index (χ3v) is 5.20. The van der Waals surface area contributed by atoms with Gasteiger partial charge in [-0.3, -0.25) is 9.69 Å². The largest absolute Gasteiger partial charge is 0.345 e. The molecule has 2 aromatic carbocycles. The third kappa shape index (κ3) is 2.89. The second-order valence-electron chi connectivity index (χ2n) is 6.84. The van der Waals surface area contributed by atoms with Crippen LogP contribution < -0.4 is 5.32 Å². The lowest BCUT2D eigenvalue weighted by Gasteiger charge is -2.29. The van der Waals surface area contributed by atoms with Crippen LogP contribution in [0.25, 0.3) is 0 Å². The normalized spacial score (nSPS) is 24.3. The number of amides is 1. The monoisotopic (exact) mass is 306 g/mol. The van der Waals surface area contributed by atoms with Crippen LogP contribution in [0.1, 0.15) is 34.3 Å². The van der Waals surface area contributed by atoms with Crippen molar-refractivity contribution in [1.29, 1.82) is 0 Å². The van der Waals surface area contributed by atoms with Crippen LogP contribution >= 0.6 is 0 Å². The van der Waals surface area contributed by atoms with Gasteiger partial charge in [-0.25, -0.2) is 0 Å². The van der Waals surface area contributed by atoms with Gasteiger partial charge >= 0.3 is 0 Å². The molecule has 1 saturated heterocycles. The Hall–Kier alpha value is -2.13. The van der Waals surface area contributed by atoms with E-state index in [-0.39, 0.29) is 11.4 Å². The molecule has 1 amide bonds. The van der Waals surface area contributed by atoms with Crippen molar-refractivity contribution in [3.8, 4) is 0 Å². The van der Waals surface area contributed by atoms with Crippen LogP contribution in [0, 0.1) is 0 Å². The second kappa shape index (κ2) is 5.82. The summed E-state index contributed by atoms with van der Waals surface area (Å²) in [6.07, 6.45) is 3.05. The van der Waals surface area contributed by atoms with Crippen LogP contribution in [0.5, 0.6) is 0 Å². The molecule has 4 rings (SSSR count). The van der Waals surface area contributed by atoms with E-state index in [2.05, 4.69) is 46.6 Å². The number of nitrogens with zero attached hydrogens (tertiary/aromatic N) is 1. The number of fused-ring (bicyclic) bond motifs is 1. The molecule has 0 aromatic heterocycles. The summed E-state index contributed by atoms with van der Waals surface area (Å²) in [7, 11) is 0. The van der Waals surface area contributed by atoms with E-state index in [9.17, 15) is 4.79 Å². The smallest absolute Gasteiger partial charge is 0.252 e. The van der Waals surface area contributed by atoms with Crippen molar-refractivity contribution in [2.24, 2.45) is 0 Å². The van der Waals surface area contributed by atoms with Gasteiger partial charge in [-0.1, -0.05) is 48.5 Å². The molecule has 1 fully saturated rings. The molecule has 0 saturated carbocycles. The molecule has 0 aliphatic carbocycles. The average Bonchev–Trinajstić information content (AvgIpc) is 2.90. The molecule has 1 atom stereocenters. The number of carbonyl (C=O) groups excluding carboxylic acids is 1. The Balaban J connectivity index is 1.49. The van der Waals surface area contributed by atoms with Crippen molar-refractivity contribution in [2.75, 3.05) is 13.1 Å². The molecule has 3 nitrogen and oxygen atoms in total. The fourth-order valence-electron chi connectivity index (χ4n) is 3.95. The van der Waals surface area contributed by atoms with Gasteiger partial charge in [0.15, 0.2) is 0 Å². The van der Waals surface area contributed by atoms with E-state index in [4.69, 9.17) is 0 Å². The quantitative estimate of drug-likeness (QED) is 0.925. The average molecular weight is 306 g/mol. The van der Waals surface area contributed by atoms with E-state index in [1.807, 2.05) is 18.2 Å². The highest BCUT2D eigenvalue weighted by molar-refractivity contribution is 5.96. The van der Waals surface area contributed by atoms with Gasteiger partial charge in [0.1, 0.15) is 0 Å². The van der Waals surface area contributed by atoms with E-state index >= 15 is 0 Å². The predicted molar refractivity (Wildman–Crippen MR) is 91.3 cm³/mol. The number of hydrogen-bond donors (Lipinski definition) is 1. The molecule has 1 unspecified atom stereocenters. The van der Waals surface area contributed by atoms with Gasteiger partial charge in [0.25, 0.3) is 5.91 Å². The Kier molecular flexibility index (Phi) is 3.66. The first-order chi connectivity index (χ1) is 11.2. The molecule has 118 valence electrons. The summed E-state index contributed by atoms with van der Waals surface area (Å²) in [6.45, 7) is 2.96.